The molecule has 0 aromatic heterocycles. The number of hydrogen-bond acceptors (Lipinski definition) is 0. The average molecular weight is 307 g/mol. The van der Waals surface area contributed by atoms with E-state index in [4.69, 9.17) is 0 Å². The van der Waals surface area contributed by atoms with E-state index in [1.807, 2.05) is 5.19 Å². The fourth-order valence-corrected chi connectivity index (χ4v) is 20.3. The van der Waals surface area contributed by atoms with Gasteiger partial charge in [-0.1, -0.05) is 35.5 Å². The Bertz CT molecular complexity index is 631. The van der Waals surface area contributed by atoms with Crippen LogP contribution < -0.4 is 5.19 Å². The lowest BCUT2D eigenvalue weighted by molar-refractivity contribution is 0.370. The molecule has 3 aliphatic heterocycles. The summed E-state index contributed by atoms with van der Waals surface area (Å²) in [5.41, 5.74) is 0. The van der Waals surface area contributed by atoms with Crippen LogP contribution >= 0.6 is 0 Å². The lowest BCUT2D eigenvalue weighted by Gasteiger charge is -2.60. The highest BCUT2D eigenvalue weighted by Gasteiger charge is 2.92. The highest BCUT2D eigenvalue weighted by Crippen LogP contribution is 2.99. The number of rotatable bonds is 1. The van der Waals surface area contributed by atoms with E-state index in [2.05, 4.69) is 30.3 Å². The molecular formula is C21H26Si. The van der Waals surface area contributed by atoms with Gasteiger partial charge in [-0.2, -0.15) is 0 Å². The van der Waals surface area contributed by atoms with Crippen molar-refractivity contribution in [2.75, 3.05) is 0 Å². The molecule has 3 heterocycles. The summed E-state index contributed by atoms with van der Waals surface area (Å²) < 4.78 is 0. The summed E-state index contributed by atoms with van der Waals surface area (Å²) in [5.74, 6) is 3.47. The molecule has 1 heteroatoms. The Balaban J connectivity index is 1.59. The van der Waals surface area contributed by atoms with E-state index in [-0.39, 0.29) is 0 Å². The molecule has 0 nitrogen and oxygen atoms in total. The van der Waals surface area contributed by atoms with Gasteiger partial charge in [-0.15, -0.1) is 0 Å². The third-order valence-corrected chi connectivity index (χ3v) is 18.2. The molecule has 3 spiro atoms. The number of benzene rings is 1. The zero-order valence-electron chi connectivity index (χ0n) is 13.5. The first-order chi connectivity index (χ1) is 10.8. The van der Waals surface area contributed by atoms with Crippen LogP contribution in [0.1, 0.15) is 57.8 Å². The standard InChI is InChI=1S/C21H26Si/c1-2-4-18(5-3-1)22-19-9-6-15-12-20(15,22)10-7-17-14-21(17,22)11-8-16(19)13-19/h1-5,15-17H,6-14H2/t15-,16-,17-,19+,20+,21+,22?/m1/s1. The summed E-state index contributed by atoms with van der Waals surface area (Å²) >= 11 is 0. The number of hydrogen-bond donors (Lipinski definition) is 0. The predicted octanol–water partition coefficient (Wildman–Crippen LogP) is 5.00. The second kappa shape index (κ2) is 3.16. The zero-order valence-corrected chi connectivity index (χ0v) is 14.5. The Morgan fingerprint density at radius 1 is 0.682 bits per heavy atom. The van der Waals surface area contributed by atoms with E-state index in [0.717, 1.165) is 32.9 Å². The lowest BCUT2D eigenvalue weighted by atomic mass is 9.97. The van der Waals surface area contributed by atoms with Gasteiger partial charge in [-0.05, 0) is 90.7 Å². The van der Waals surface area contributed by atoms with Gasteiger partial charge in [0, 0.05) is 0 Å². The van der Waals surface area contributed by atoms with Crippen LogP contribution in [0.4, 0.5) is 0 Å². The minimum absolute atomic E-state index is 0.884. The van der Waals surface area contributed by atoms with Crippen LogP contribution in [-0.4, -0.2) is 8.07 Å². The van der Waals surface area contributed by atoms with Gasteiger partial charge in [0.15, 0.2) is 0 Å². The first kappa shape index (κ1) is 11.9. The van der Waals surface area contributed by atoms with E-state index in [0.29, 0.717) is 0 Å². The van der Waals surface area contributed by atoms with Gasteiger partial charge in [-0.3, -0.25) is 0 Å². The molecule has 0 unspecified atom stereocenters. The fourth-order valence-electron chi connectivity index (χ4n) is 9.47. The molecule has 1 aromatic carbocycles. The summed E-state index contributed by atoms with van der Waals surface area (Å²) in [6, 6.07) is 12.2. The van der Waals surface area contributed by atoms with Crippen LogP contribution in [0.3, 0.4) is 0 Å². The fraction of sp³-hybridized carbons (Fsp3) is 0.714. The average Bonchev–Trinajstić information content (AvgIpc) is 3.46. The van der Waals surface area contributed by atoms with Crippen LogP contribution in [0.25, 0.3) is 0 Å². The van der Waals surface area contributed by atoms with Crippen molar-refractivity contribution in [3.8, 4) is 0 Å². The molecule has 0 bridgehead atoms. The highest BCUT2D eigenvalue weighted by molar-refractivity contribution is 7.01. The monoisotopic (exact) mass is 306 g/mol. The van der Waals surface area contributed by atoms with E-state index in [1.54, 1.807) is 57.8 Å². The van der Waals surface area contributed by atoms with Crippen LogP contribution in [0.2, 0.25) is 15.1 Å². The van der Waals surface area contributed by atoms with E-state index >= 15 is 0 Å². The smallest absolute Gasteiger partial charge is 0.0629 e. The SMILES string of the molecule is c1ccc([Si]23[C@]45CC[C@@H]6C[C@@]62CC[C@@H]2C[C@@]23CC[C@@H]4C5)cc1. The van der Waals surface area contributed by atoms with E-state index in [1.165, 1.54) is 0 Å². The Labute approximate surface area is 134 Å². The van der Waals surface area contributed by atoms with Crippen molar-refractivity contribution in [1.82, 2.24) is 0 Å². The summed E-state index contributed by atoms with van der Waals surface area (Å²) in [5, 5.41) is 4.58. The molecule has 0 radical (unpaired) electrons. The molecule has 6 atom stereocenters. The molecule has 3 saturated carbocycles. The van der Waals surface area contributed by atoms with Crippen molar-refractivity contribution < 1.29 is 0 Å². The molecule has 6 fully saturated rings. The Kier molecular flexibility index (Phi) is 1.71. The van der Waals surface area contributed by atoms with Gasteiger partial charge in [0.1, 0.15) is 8.07 Å². The largest absolute Gasteiger partial charge is 0.106 e. The topological polar surface area (TPSA) is 0 Å². The van der Waals surface area contributed by atoms with Crippen LogP contribution in [-0.2, 0) is 0 Å². The first-order valence-corrected chi connectivity index (χ1v) is 11.8. The molecule has 0 N–H and O–H groups in total. The summed E-state index contributed by atoms with van der Waals surface area (Å²) in [6.45, 7) is 0. The van der Waals surface area contributed by atoms with Gasteiger partial charge in [0.2, 0.25) is 0 Å². The van der Waals surface area contributed by atoms with Gasteiger partial charge < -0.3 is 0 Å². The third-order valence-electron chi connectivity index (χ3n) is 9.96. The summed E-state index contributed by atoms with van der Waals surface area (Å²) in [6.07, 6.45) is 14.7. The van der Waals surface area contributed by atoms with Crippen LogP contribution in [0.5, 0.6) is 0 Å². The second-order valence-corrected chi connectivity index (χ2v) is 15.0. The van der Waals surface area contributed by atoms with E-state index < -0.39 is 8.07 Å². The van der Waals surface area contributed by atoms with Gasteiger partial charge >= 0.3 is 0 Å². The molecule has 0 amide bonds. The maximum absolute atomic E-state index is 2.61. The molecule has 1 aromatic rings. The molecule has 114 valence electrons. The maximum Gasteiger partial charge on any atom is 0.106 e. The second-order valence-electron chi connectivity index (χ2n) is 9.90. The molecular weight excluding hydrogens is 280 g/mol. The summed E-state index contributed by atoms with van der Waals surface area (Å²) in [7, 11) is -1.37. The normalized spacial score (nSPS) is 62.1. The van der Waals surface area contributed by atoms with Crippen molar-refractivity contribution in [2.24, 2.45) is 17.8 Å². The maximum atomic E-state index is 2.61. The highest BCUT2D eigenvalue weighted by atomic mass is 28.3. The Morgan fingerprint density at radius 3 is 1.59 bits per heavy atom. The van der Waals surface area contributed by atoms with Gasteiger partial charge in [0.05, 0.1) is 0 Å². The molecule has 22 heavy (non-hydrogen) atoms. The minimum atomic E-state index is -1.37. The summed E-state index contributed by atoms with van der Waals surface area (Å²) in [4.78, 5) is 0. The van der Waals surface area contributed by atoms with Crippen LogP contribution in [0.15, 0.2) is 30.3 Å². The zero-order chi connectivity index (χ0) is 14.2. The van der Waals surface area contributed by atoms with Crippen molar-refractivity contribution in [3.63, 3.8) is 0 Å². The van der Waals surface area contributed by atoms with E-state index in [9.17, 15) is 0 Å². The third kappa shape index (κ3) is 0.905. The van der Waals surface area contributed by atoms with Gasteiger partial charge in [-0.25, -0.2) is 0 Å². The van der Waals surface area contributed by atoms with Gasteiger partial charge in [0.25, 0.3) is 0 Å². The van der Waals surface area contributed by atoms with Crippen molar-refractivity contribution >= 4 is 13.3 Å². The Morgan fingerprint density at radius 2 is 1.14 bits per heavy atom. The van der Waals surface area contributed by atoms with Crippen molar-refractivity contribution in [2.45, 2.75) is 72.9 Å². The molecule has 7 rings (SSSR count). The van der Waals surface area contributed by atoms with Crippen molar-refractivity contribution in [1.29, 1.82) is 0 Å². The molecule has 6 aliphatic rings. The Hall–Kier alpha value is -0.563. The predicted molar refractivity (Wildman–Crippen MR) is 91.9 cm³/mol. The lowest BCUT2D eigenvalue weighted by Crippen LogP contribution is -2.67. The molecule has 3 saturated heterocycles. The first-order valence-electron chi connectivity index (χ1n) is 9.85. The quantitative estimate of drug-likeness (QED) is 0.640. The minimum Gasteiger partial charge on any atom is -0.0629 e. The van der Waals surface area contributed by atoms with Crippen LogP contribution in [0, 0.1) is 17.8 Å². The van der Waals surface area contributed by atoms with Crippen molar-refractivity contribution in [3.05, 3.63) is 30.3 Å². The molecule has 3 aliphatic carbocycles.